The Morgan fingerprint density at radius 2 is 2.00 bits per heavy atom. The molecule has 2 unspecified atom stereocenters. The molecule has 0 saturated heterocycles. The van der Waals surface area contributed by atoms with Gasteiger partial charge in [-0.2, -0.15) is 0 Å². The Morgan fingerprint density at radius 3 is 2.42 bits per heavy atom. The fraction of sp³-hybridized carbons (Fsp3) is 0.857. The summed E-state index contributed by atoms with van der Waals surface area (Å²) in [6, 6.07) is 0.0566. The smallest absolute Gasteiger partial charge is 0.309 e. The summed E-state index contributed by atoms with van der Waals surface area (Å²) in [5.41, 5.74) is -1.13. The van der Waals surface area contributed by atoms with Crippen molar-refractivity contribution in [2.45, 2.75) is 59.6 Å². The van der Waals surface area contributed by atoms with Gasteiger partial charge in [-0.05, 0) is 27.2 Å². The standard InChI is InChI=1S/C14H25NO4/c1-6-19-10-7-9(14(10,4)5)15-11(16)8-13(2,3)12(17)18/h9-10H,6-8H2,1-5H3,(H,15,16)(H,17,18). The van der Waals surface area contributed by atoms with E-state index in [1.807, 2.05) is 6.92 Å². The molecule has 1 fully saturated rings. The summed E-state index contributed by atoms with van der Waals surface area (Å²) in [7, 11) is 0. The van der Waals surface area contributed by atoms with E-state index in [0.717, 1.165) is 6.42 Å². The van der Waals surface area contributed by atoms with Crippen molar-refractivity contribution in [3.8, 4) is 0 Å². The van der Waals surface area contributed by atoms with Crippen molar-refractivity contribution < 1.29 is 19.4 Å². The highest BCUT2D eigenvalue weighted by molar-refractivity contribution is 5.84. The predicted octanol–water partition coefficient (Wildman–Crippen LogP) is 1.81. The van der Waals surface area contributed by atoms with Gasteiger partial charge in [0.2, 0.25) is 5.91 Å². The van der Waals surface area contributed by atoms with Gasteiger partial charge in [-0.3, -0.25) is 9.59 Å². The van der Waals surface area contributed by atoms with Gasteiger partial charge in [0.15, 0.2) is 0 Å². The number of carboxylic acids is 1. The van der Waals surface area contributed by atoms with E-state index in [1.54, 1.807) is 13.8 Å². The molecule has 110 valence electrons. The van der Waals surface area contributed by atoms with E-state index >= 15 is 0 Å². The first-order valence-corrected chi connectivity index (χ1v) is 6.75. The fourth-order valence-corrected chi connectivity index (χ4v) is 2.34. The molecule has 0 radical (unpaired) electrons. The highest BCUT2D eigenvalue weighted by atomic mass is 16.5. The molecule has 5 nitrogen and oxygen atoms in total. The molecule has 1 amide bonds. The van der Waals surface area contributed by atoms with Crippen LogP contribution in [0.4, 0.5) is 0 Å². The minimum absolute atomic E-state index is 0.00574. The molecule has 0 bridgehead atoms. The molecular weight excluding hydrogens is 246 g/mol. The van der Waals surface area contributed by atoms with Gasteiger partial charge >= 0.3 is 5.97 Å². The number of nitrogens with one attached hydrogen (secondary N) is 1. The number of carboxylic acid groups (broad SMARTS) is 1. The van der Waals surface area contributed by atoms with Gasteiger partial charge in [-0.25, -0.2) is 0 Å². The lowest BCUT2D eigenvalue weighted by Gasteiger charge is -2.51. The molecule has 0 aromatic carbocycles. The van der Waals surface area contributed by atoms with Gasteiger partial charge in [-0.15, -0.1) is 0 Å². The quantitative estimate of drug-likeness (QED) is 0.772. The lowest BCUT2D eigenvalue weighted by atomic mass is 9.64. The first-order chi connectivity index (χ1) is 8.61. The first-order valence-electron chi connectivity index (χ1n) is 6.75. The van der Waals surface area contributed by atoms with Crippen molar-refractivity contribution in [2.24, 2.45) is 10.8 Å². The monoisotopic (exact) mass is 271 g/mol. The molecule has 1 rings (SSSR count). The predicted molar refractivity (Wildman–Crippen MR) is 71.8 cm³/mol. The zero-order valence-corrected chi connectivity index (χ0v) is 12.4. The Hall–Kier alpha value is -1.10. The maximum absolute atomic E-state index is 11.9. The van der Waals surface area contributed by atoms with E-state index in [-0.39, 0.29) is 29.9 Å². The van der Waals surface area contributed by atoms with E-state index < -0.39 is 11.4 Å². The van der Waals surface area contributed by atoms with Crippen LogP contribution in [0.1, 0.15) is 47.5 Å². The number of hydrogen-bond acceptors (Lipinski definition) is 3. The number of amides is 1. The summed E-state index contributed by atoms with van der Waals surface area (Å²) in [6.07, 6.45) is 0.948. The number of carbonyl (C=O) groups is 2. The Bertz CT molecular complexity index is 362. The first kappa shape index (κ1) is 16.0. The number of carbonyl (C=O) groups excluding carboxylic acids is 1. The van der Waals surface area contributed by atoms with Crippen LogP contribution in [0.2, 0.25) is 0 Å². The Kier molecular flexibility index (Phi) is 4.61. The number of rotatable bonds is 6. The van der Waals surface area contributed by atoms with Gasteiger partial charge < -0.3 is 15.2 Å². The number of ether oxygens (including phenoxy) is 1. The van der Waals surface area contributed by atoms with E-state index in [4.69, 9.17) is 9.84 Å². The van der Waals surface area contributed by atoms with Crippen molar-refractivity contribution >= 4 is 11.9 Å². The summed E-state index contributed by atoms with van der Waals surface area (Å²) >= 11 is 0. The molecule has 0 aliphatic heterocycles. The molecule has 0 aromatic rings. The van der Waals surface area contributed by atoms with Crippen LogP contribution in [0.25, 0.3) is 0 Å². The molecule has 19 heavy (non-hydrogen) atoms. The van der Waals surface area contributed by atoms with Gasteiger partial charge in [0.25, 0.3) is 0 Å². The summed E-state index contributed by atoms with van der Waals surface area (Å²) in [6.45, 7) is 9.86. The minimum atomic E-state index is -1.03. The third-order valence-corrected chi connectivity index (χ3v) is 4.06. The fourth-order valence-electron chi connectivity index (χ4n) is 2.34. The molecule has 0 heterocycles. The molecule has 2 N–H and O–H groups in total. The molecule has 0 aromatic heterocycles. The second kappa shape index (κ2) is 5.49. The third-order valence-electron chi connectivity index (χ3n) is 4.06. The zero-order chi connectivity index (χ0) is 14.8. The lowest BCUT2D eigenvalue weighted by molar-refractivity contribution is -0.151. The van der Waals surface area contributed by atoms with Crippen LogP contribution in [0.5, 0.6) is 0 Å². The molecule has 1 saturated carbocycles. The van der Waals surface area contributed by atoms with E-state index in [9.17, 15) is 9.59 Å². The molecule has 1 aliphatic carbocycles. The highest BCUT2D eigenvalue weighted by Gasteiger charge is 2.49. The zero-order valence-electron chi connectivity index (χ0n) is 12.4. The van der Waals surface area contributed by atoms with E-state index in [1.165, 1.54) is 0 Å². The van der Waals surface area contributed by atoms with Crippen molar-refractivity contribution in [3.05, 3.63) is 0 Å². The van der Waals surface area contributed by atoms with Gasteiger partial charge in [0.1, 0.15) is 0 Å². The highest BCUT2D eigenvalue weighted by Crippen LogP contribution is 2.42. The molecule has 1 aliphatic rings. The van der Waals surface area contributed by atoms with Crippen molar-refractivity contribution in [1.82, 2.24) is 5.32 Å². The normalized spacial score (nSPS) is 25.5. The molecule has 0 spiro atoms. The van der Waals surface area contributed by atoms with Gasteiger partial charge in [0, 0.05) is 24.5 Å². The maximum atomic E-state index is 11.9. The van der Waals surface area contributed by atoms with E-state index in [2.05, 4.69) is 19.2 Å². The summed E-state index contributed by atoms with van der Waals surface area (Å²) in [5, 5.41) is 11.9. The van der Waals surface area contributed by atoms with Gasteiger partial charge in [0.05, 0.1) is 11.5 Å². The van der Waals surface area contributed by atoms with E-state index in [0.29, 0.717) is 6.61 Å². The van der Waals surface area contributed by atoms with Crippen molar-refractivity contribution in [2.75, 3.05) is 6.61 Å². The van der Waals surface area contributed by atoms with Crippen LogP contribution in [0.3, 0.4) is 0 Å². The topological polar surface area (TPSA) is 75.6 Å². The second-order valence-corrected chi connectivity index (χ2v) is 6.49. The van der Waals surface area contributed by atoms with Crippen LogP contribution in [-0.2, 0) is 14.3 Å². The number of hydrogen-bond donors (Lipinski definition) is 2. The minimum Gasteiger partial charge on any atom is -0.481 e. The van der Waals surface area contributed by atoms with Crippen molar-refractivity contribution in [3.63, 3.8) is 0 Å². The largest absolute Gasteiger partial charge is 0.481 e. The maximum Gasteiger partial charge on any atom is 0.309 e. The summed E-state index contributed by atoms with van der Waals surface area (Å²) in [4.78, 5) is 22.9. The summed E-state index contributed by atoms with van der Waals surface area (Å²) in [5.74, 6) is -1.16. The lowest BCUT2D eigenvalue weighted by Crippen LogP contribution is -2.62. The van der Waals surface area contributed by atoms with Gasteiger partial charge in [-0.1, -0.05) is 13.8 Å². The number of aliphatic carboxylic acids is 1. The van der Waals surface area contributed by atoms with Crippen LogP contribution < -0.4 is 5.32 Å². The molecule has 5 heteroatoms. The van der Waals surface area contributed by atoms with Crippen LogP contribution >= 0.6 is 0 Å². The second-order valence-electron chi connectivity index (χ2n) is 6.49. The van der Waals surface area contributed by atoms with Crippen LogP contribution in [-0.4, -0.2) is 35.7 Å². The molecular formula is C14H25NO4. The Balaban J connectivity index is 2.50. The average molecular weight is 271 g/mol. The SMILES string of the molecule is CCOC1CC(NC(=O)CC(C)(C)C(=O)O)C1(C)C. The van der Waals surface area contributed by atoms with Crippen LogP contribution in [0, 0.1) is 10.8 Å². The van der Waals surface area contributed by atoms with Crippen LogP contribution in [0.15, 0.2) is 0 Å². The van der Waals surface area contributed by atoms with Crippen molar-refractivity contribution in [1.29, 1.82) is 0 Å². The summed E-state index contributed by atoms with van der Waals surface area (Å²) < 4.78 is 5.60. The average Bonchev–Trinajstić information content (AvgIpc) is 2.27. The Labute approximate surface area is 114 Å². The third kappa shape index (κ3) is 3.47. The molecule has 2 atom stereocenters. The Morgan fingerprint density at radius 1 is 1.42 bits per heavy atom.